The van der Waals surface area contributed by atoms with Crippen molar-refractivity contribution in [3.63, 3.8) is 0 Å². The Labute approximate surface area is 171 Å². The number of urea groups is 1. The van der Waals surface area contributed by atoms with Crippen LogP contribution < -0.4 is 15.4 Å². The summed E-state index contributed by atoms with van der Waals surface area (Å²) in [4.78, 5) is 15.4. The Morgan fingerprint density at radius 1 is 1.00 bits per heavy atom. The number of fused-ring (bicyclic) bond motifs is 1. The molecule has 29 heavy (non-hydrogen) atoms. The number of carbonyl (C=O) groups excluding carboxylic acids is 1. The van der Waals surface area contributed by atoms with Crippen molar-refractivity contribution < 1.29 is 13.2 Å². The predicted molar refractivity (Wildman–Crippen MR) is 115 cm³/mol. The smallest absolute Gasteiger partial charge is 0.315 e. The number of hydrogen-bond donors (Lipinski definition) is 4. The predicted octanol–water partition coefficient (Wildman–Crippen LogP) is 2.57. The van der Waals surface area contributed by atoms with Crippen LogP contribution in [-0.4, -0.2) is 33.0 Å². The second-order valence-corrected chi connectivity index (χ2v) is 8.84. The molecule has 3 aromatic rings. The van der Waals surface area contributed by atoms with E-state index in [0.29, 0.717) is 18.7 Å². The number of amides is 2. The lowest BCUT2D eigenvalue weighted by molar-refractivity contribution is 0.240. The van der Waals surface area contributed by atoms with E-state index >= 15 is 0 Å². The second-order valence-electron chi connectivity index (χ2n) is 6.91. The molecule has 154 valence electrons. The standard InChI is InChI=1S/C21H26N4O3S/c1-15-18(19-5-3-4-6-20(19)25-15)11-12-23-21(26)24-13-16-7-9-17(10-8-16)14-29(27,28)22-2/h3-10,22,25H,11-14H2,1-2H3,(H2,23,24,26). The van der Waals surface area contributed by atoms with E-state index in [1.54, 1.807) is 12.1 Å². The third-order valence-electron chi connectivity index (χ3n) is 4.83. The summed E-state index contributed by atoms with van der Waals surface area (Å²) < 4.78 is 25.4. The van der Waals surface area contributed by atoms with Crippen LogP contribution in [0.25, 0.3) is 10.9 Å². The van der Waals surface area contributed by atoms with Crippen molar-refractivity contribution in [2.24, 2.45) is 0 Å². The highest BCUT2D eigenvalue weighted by atomic mass is 32.2. The summed E-state index contributed by atoms with van der Waals surface area (Å²) in [6, 6.07) is 15.0. The summed E-state index contributed by atoms with van der Waals surface area (Å²) >= 11 is 0. The van der Waals surface area contributed by atoms with Gasteiger partial charge in [-0.15, -0.1) is 0 Å². The third-order valence-corrected chi connectivity index (χ3v) is 6.17. The van der Waals surface area contributed by atoms with Crippen LogP contribution in [0.5, 0.6) is 0 Å². The topological polar surface area (TPSA) is 103 Å². The molecule has 1 aromatic heterocycles. The molecule has 7 nitrogen and oxygen atoms in total. The molecule has 0 atom stereocenters. The van der Waals surface area contributed by atoms with Crippen molar-refractivity contribution in [3.05, 3.63) is 70.9 Å². The maximum atomic E-state index is 12.1. The van der Waals surface area contributed by atoms with Gasteiger partial charge < -0.3 is 15.6 Å². The SMILES string of the molecule is CNS(=O)(=O)Cc1ccc(CNC(=O)NCCc2c(C)[nH]c3ccccc23)cc1. The number of nitrogens with one attached hydrogen (secondary N) is 4. The van der Waals surface area contributed by atoms with Gasteiger partial charge in [-0.3, -0.25) is 0 Å². The molecule has 0 saturated carbocycles. The van der Waals surface area contributed by atoms with Gasteiger partial charge in [0.25, 0.3) is 0 Å². The number of aryl methyl sites for hydroxylation is 1. The zero-order valence-electron chi connectivity index (χ0n) is 16.6. The Balaban J connectivity index is 1.46. The average molecular weight is 415 g/mol. The van der Waals surface area contributed by atoms with E-state index in [9.17, 15) is 13.2 Å². The maximum Gasteiger partial charge on any atom is 0.315 e. The highest BCUT2D eigenvalue weighted by Gasteiger charge is 2.09. The lowest BCUT2D eigenvalue weighted by atomic mass is 10.1. The van der Waals surface area contributed by atoms with E-state index in [2.05, 4.69) is 26.4 Å². The van der Waals surface area contributed by atoms with E-state index in [4.69, 9.17) is 0 Å². The Morgan fingerprint density at radius 2 is 1.69 bits per heavy atom. The zero-order chi connectivity index (χ0) is 20.9. The molecule has 0 aliphatic rings. The summed E-state index contributed by atoms with van der Waals surface area (Å²) in [6.45, 7) is 2.95. The minimum Gasteiger partial charge on any atom is -0.358 e. The fourth-order valence-corrected chi connectivity index (χ4v) is 4.02. The minimum absolute atomic E-state index is 0.0645. The van der Waals surface area contributed by atoms with Gasteiger partial charge in [0.05, 0.1) is 5.75 Å². The van der Waals surface area contributed by atoms with Crippen LogP contribution in [-0.2, 0) is 28.7 Å². The van der Waals surface area contributed by atoms with Crippen LogP contribution in [0.2, 0.25) is 0 Å². The fraction of sp³-hybridized carbons (Fsp3) is 0.286. The van der Waals surface area contributed by atoms with Crippen molar-refractivity contribution in [1.29, 1.82) is 0 Å². The van der Waals surface area contributed by atoms with Gasteiger partial charge in [-0.05, 0) is 43.1 Å². The summed E-state index contributed by atoms with van der Waals surface area (Å²) in [5, 5.41) is 6.89. The fourth-order valence-electron chi connectivity index (χ4n) is 3.25. The van der Waals surface area contributed by atoms with Crippen molar-refractivity contribution >= 4 is 27.0 Å². The molecule has 0 saturated heterocycles. The van der Waals surface area contributed by atoms with Gasteiger partial charge in [0.1, 0.15) is 0 Å². The van der Waals surface area contributed by atoms with E-state index in [1.165, 1.54) is 18.0 Å². The van der Waals surface area contributed by atoms with E-state index < -0.39 is 10.0 Å². The quantitative estimate of drug-likeness (QED) is 0.455. The second kappa shape index (κ2) is 9.11. The molecular weight excluding hydrogens is 388 g/mol. The number of aromatic amines is 1. The molecule has 1 heterocycles. The number of carbonyl (C=O) groups is 1. The van der Waals surface area contributed by atoms with Gasteiger partial charge in [0.15, 0.2) is 0 Å². The van der Waals surface area contributed by atoms with Crippen LogP contribution in [0.3, 0.4) is 0 Å². The Bertz CT molecular complexity index is 1090. The molecule has 0 fully saturated rings. The first-order valence-electron chi connectivity index (χ1n) is 9.45. The lowest BCUT2D eigenvalue weighted by Crippen LogP contribution is -2.36. The Hall–Kier alpha value is -2.84. The minimum atomic E-state index is -3.29. The molecule has 4 N–H and O–H groups in total. The molecule has 2 aromatic carbocycles. The van der Waals surface area contributed by atoms with Crippen molar-refractivity contribution in [2.45, 2.75) is 25.6 Å². The van der Waals surface area contributed by atoms with Gasteiger partial charge in [-0.2, -0.15) is 0 Å². The number of aromatic nitrogens is 1. The molecule has 0 radical (unpaired) electrons. The highest BCUT2D eigenvalue weighted by Crippen LogP contribution is 2.21. The van der Waals surface area contributed by atoms with Crippen molar-refractivity contribution in [1.82, 2.24) is 20.3 Å². The monoisotopic (exact) mass is 414 g/mol. The lowest BCUT2D eigenvalue weighted by Gasteiger charge is -2.09. The number of H-pyrrole nitrogens is 1. The van der Waals surface area contributed by atoms with Crippen LogP contribution in [0, 0.1) is 6.92 Å². The van der Waals surface area contributed by atoms with Gasteiger partial charge in [-0.25, -0.2) is 17.9 Å². The molecule has 2 amide bonds. The first-order chi connectivity index (χ1) is 13.9. The maximum absolute atomic E-state index is 12.1. The Kier molecular flexibility index (Phi) is 6.56. The largest absolute Gasteiger partial charge is 0.358 e. The molecule has 0 spiro atoms. The van der Waals surface area contributed by atoms with Crippen LogP contribution in [0.4, 0.5) is 4.79 Å². The first-order valence-corrected chi connectivity index (χ1v) is 11.1. The van der Waals surface area contributed by atoms with Gasteiger partial charge in [0.2, 0.25) is 10.0 Å². The number of para-hydroxylation sites is 1. The van der Waals surface area contributed by atoms with E-state index in [0.717, 1.165) is 23.2 Å². The van der Waals surface area contributed by atoms with Gasteiger partial charge >= 0.3 is 6.03 Å². The molecule has 0 aliphatic heterocycles. The summed E-state index contributed by atoms with van der Waals surface area (Å²) in [6.07, 6.45) is 0.748. The van der Waals surface area contributed by atoms with Gasteiger partial charge in [0, 0.05) is 29.7 Å². The number of benzene rings is 2. The average Bonchev–Trinajstić information content (AvgIpc) is 3.02. The van der Waals surface area contributed by atoms with Gasteiger partial charge in [-0.1, -0.05) is 42.5 Å². The zero-order valence-corrected chi connectivity index (χ0v) is 17.4. The van der Waals surface area contributed by atoms with Crippen LogP contribution in [0.1, 0.15) is 22.4 Å². The van der Waals surface area contributed by atoms with Crippen molar-refractivity contribution in [3.8, 4) is 0 Å². The molecule has 0 bridgehead atoms. The highest BCUT2D eigenvalue weighted by molar-refractivity contribution is 7.88. The molecule has 0 aliphatic carbocycles. The number of hydrogen-bond acceptors (Lipinski definition) is 3. The van der Waals surface area contributed by atoms with Crippen LogP contribution in [0.15, 0.2) is 48.5 Å². The van der Waals surface area contributed by atoms with E-state index in [1.807, 2.05) is 37.3 Å². The molecular formula is C21H26N4O3S. The number of rotatable bonds is 8. The first kappa shape index (κ1) is 20.9. The summed E-state index contributed by atoms with van der Waals surface area (Å²) in [7, 11) is -1.89. The van der Waals surface area contributed by atoms with Crippen LogP contribution >= 0.6 is 0 Å². The van der Waals surface area contributed by atoms with Crippen molar-refractivity contribution in [2.75, 3.05) is 13.6 Å². The summed E-state index contributed by atoms with van der Waals surface area (Å²) in [5.74, 6) is -0.0645. The number of sulfonamides is 1. The summed E-state index contributed by atoms with van der Waals surface area (Å²) in [5.41, 5.74) is 5.04. The molecule has 3 rings (SSSR count). The normalized spacial score (nSPS) is 11.5. The third kappa shape index (κ3) is 5.58. The van der Waals surface area contributed by atoms with E-state index in [-0.39, 0.29) is 11.8 Å². The molecule has 8 heteroatoms. The molecule has 0 unspecified atom stereocenters. The Morgan fingerprint density at radius 3 is 2.41 bits per heavy atom.